The molecule has 0 spiro atoms. The van der Waals surface area contributed by atoms with Crippen LogP contribution in [0.1, 0.15) is 23.7 Å². The average molecular weight is 262 g/mol. The number of nitrogens with two attached hydrogens (primary N) is 1. The first-order chi connectivity index (χ1) is 9.03. The summed E-state index contributed by atoms with van der Waals surface area (Å²) in [4.78, 5) is 12.1. The minimum atomic E-state index is -0.291. The molecule has 19 heavy (non-hydrogen) atoms. The number of hydrogen-bond acceptors (Lipinski definition) is 4. The molecular formula is C14H18N2O3. The zero-order valence-corrected chi connectivity index (χ0v) is 11.3. The van der Waals surface area contributed by atoms with Crippen molar-refractivity contribution in [2.24, 2.45) is 0 Å². The van der Waals surface area contributed by atoms with Gasteiger partial charge < -0.3 is 20.5 Å². The Bertz CT molecular complexity index is 506. The van der Waals surface area contributed by atoms with Crippen molar-refractivity contribution in [3.8, 4) is 23.8 Å². The molecule has 5 nitrogen and oxygen atoms in total. The third kappa shape index (κ3) is 3.55. The quantitative estimate of drug-likeness (QED) is 0.622. The predicted molar refractivity (Wildman–Crippen MR) is 74.3 cm³/mol. The van der Waals surface area contributed by atoms with Gasteiger partial charge in [0.05, 0.1) is 19.8 Å². The summed E-state index contributed by atoms with van der Waals surface area (Å²) in [6, 6.07) is 2.98. The molecule has 0 aliphatic carbocycles. The molecule has 1 aromatic carbocycles. The second-order valence-electron chi connectivity index (χ2n) is 4.08. The first-order valence-electron chi connectivity index (χ1n) is 5.79. The molecule has 0 aromatic heterocycles. The number of anilines is 1. The van der Waals surface area contributed by atoms with E-state index in [0.717, 1.165) is 0 Å². The Morgan fingerprint density at radius 3 is 2.53 bits per heavy atom. The second-order valence-corrected chi connectivity index (χ2v) is 4.08. The largest absolute Gasteiger partial charge is 0.493 e. The van der Waals surface area contributed by atoms with Crippen molar-refractivity contribution in [3.05, 3.63) is 17.7 Å². The SMILES string of the molecule is C#CCC(C)NC(=O)c1cc(OC)c(OC)cc1N. The Labute approximate surface area is 113 Å². The highest BCUT2D eigenvalue weighted by atomic mass is 16.5. The van der Waals surface area contributed by atoms with Gasteiger partial charge in [-0.2, -0.15) is 0 Å². The lowest BCUT2D eigenvalue weighted by molar-refractivity contribution is 0.0941. The van der Waals surface area contributed by atoms with Gasteiger partial charge >= 0.3 is 0 Å². The molecule has 1 unspecified atom stereocenters. The number of amides is 1. The van der Waals surface area contributed by atoms with Crippen molar-refractivity contribution < 1.29 is 14.3 Å². The van der Waals surface area contributed by atoms with Crippen molar-refractivity contribution in [1.82, 2.24) is 5.32 Å². The predicted octanol–water partition coefficient (Wildman–Crippen LogP) is 1.43. The van der Waals surface area contributed by atoms with Crippen LogP contribution in [0.2, 0.25) is 0 Å². The van der Waals surface area contributed by atoms with E-state index in [2.05, 4.69) is 11.2 Å². The number of terminal acetylenes is 1. The molecule has 0 aliphatic heterocycles. The van der Waals surface area contributed by atoms with Gasteiger partial charge in [-0.05, 0) is 13.0 Å². The molecule has 0 heterocycles. The van der Waals surface area contributed by atoms with Crippen LogP contribution in [0.15, 0.2) is 12.1 Å². The third-order valence-electron chi connectivity index (χ3n) is 2.60. The number of carbonyl (C=O) groups is 1. The van der Waals surface area contributed by atoms with E-state index < -0.39 is 0 Å². The van der Waals surface area contributed by atoms with Crippen LogP contribution < -0.4 is 20.5 Å². The van der Waals surface area contributed by atoms with E-state index in [9.17, 15) is 4.79 Å². The summed E-state index contributed by atoms with van der Waals surface area (Å²) in [5, 5.41) is 2.77. The van der Waals surface area contributed by atoms with Crippen LogP contribution in [0.3, 0.4) is 0 Å². The van der Waals surface area contributed by atoms with E-state index in [1.165, 1.54) is 14.2 Å². The Kier molecular flexibility index (Phi) is 5.07. The van der Waals surface area contributed by atoms with Gasteiger partial charge in [0.2, 0.25) is 0 Å². The van der Waals surface area contributed by atoms with Crippen molar-refractivity contribution in [3.63, 3.8) is 0 Å². The Balaban J connectivity index is 3.00. The van der Waals surface area contributed by atoms with Gasteiger partial charge in [0, 0.05) is 24.2 Å². The summed E-state index contributed by atoms with van der Waals surface area (Å²) in [6.45, 7) is 1.83. The molecule has 0 saturated heterocycles. The van der Waals surface area contributed by atoms with Crippen LogP contribution >= 0.6 is 0 Å². The monoisotopic (exact) mass is 262 g/mol. The molecule has 0 saturated carbocycles. The van der Waals surface area contributed by atoms with Crippen molar-refractivity contribution in [2.45, 2.75) is 19.4 Å². The molecule has 1 atom stereocenters. The van der Waals surface area contributed by atoms with Crippen LogP contribution in [0.4, 0.5) is 5.69 Å². The number of nitrogens with one attached hydrogen (secondary N) is 1. The van der Waals surface area contributed by atoms with Crippen LogP contribution in [-0.2, 0) is 0 Å². The van der Waals surface area contributed by atoms with Crippen LogP contribution in [0, 0.1) is 12.3 Å². The molecule has 0 fully saturated rings. The molecule has 0 bridgehead atoms. The number of rotatable bonds is 5. The minimum Gasteiger partial charge on any atom is -0.493 e. The minimum absolute atomic E-state index is 0.120. The summed E-state index contributed by atoms with van der Waals surface area (Å²) in [6.07, 6.45) is 5.65. The summed E-state index contributed by atoms with van der Waals surface area (Å²) in [7, 11) is 3.00. The number of nitrogen functional groups attached to an aromatic ring is 1. The highest BCUT2D eigenvalue weighted by molar-refractivity contribution is 6.00. The first kappa shape index (κ1) is 14.7. The lowest BCUT2D eigenvalue weighted by atomic mass is 10.1. The molecule has 102 valence electrons. The Morgan fingerprint density at radius 1 is 1.42 bits per heavy atom. The molecule has 5 heteroatoms. The Morgan fingerprint density at radius 2 is 2.00 bits per heavy atom. The van der Waals surface area contributed by atoms with E-state index >= 15 is 0 Å². The average Bonchev–Trinajstić information content (AvgIpc) is 2.38. The molecule has 0 aliphatic rings. The highest BCUT2D eigenvalue weighted by Gasteiger charge is 2.16. The van der Waals surface area contributed by atoms with Gasteiger partial charge in [-0.25, -0.2) is 0 Å². The van der Waals surface area contributed by atoms with Crippen LogP contribution in [0.5, 0.6) is 11.5 Å². The summed E-state index contributed by atoms with van der Waals surface area (Å²) in [5.41, 5.74) is 6.49. The second kappa shape index (κ2) is 6.55. The summed E-state index contributed by atoms with van der Waals surface area (Å²) in [5.74, 6) is 3.13. The van der Waals surface area contributed by atoms with Crippen molar-refractivity contribution in [2.75, 3.05) is 20.0 Å². The lowest BCUT2D eigenvalue weighted by Crippen LogP contribution is -2.32. The van der Waals surface area contributed by atoms with Crippen LogP contribution in [0.25, 0.3) is 0 Å². The fourth-order valence-corrected chi connectivity index (χ4v) is 1.62. The number of benzene rings is 1. The van der Waals surface area contributed by atoms with Crippen molar-refractivity contribution in [1.29, 1.82) is 0 Å². The number of hydrogen-bond donors (Lipinski definition) is 2. The van der Waals surface area contributed by atoms with Gasteiger partial charge in [-0.15, -0.1) is 12.3 Å². The van der Waals surface area contributed by atoms with Gasteiger partial charge in [-0.3, -0.25) is 4.79 Å². The number of methoxy groups -OCH3 is 2. The molecule has 1 aromatic rings. The maximum atomic E-state index is 12.1. The van der Waals surface area contributed by atoms with Crippen LogP contribution in [-0.4, -0.2) is 26.2 Å². The van der Waals surface area contributed by atoms with Gasteiger partial charge in [0.1, 0.15) is 0 Å². The molecule has 3 N–H and O–H groups in total. The molecule has 1 amide bonds. The summed E-state index contributed by atoms with van der Waals surface area (Å²) >= 11 is 0. The van der Waals surface area contributed by atoms with E-state index in [1.54, 1.807) is 12.1 Å². The van der Waals surface area contributed by atoms with E-state index in [4.69, 9.17) is 21.6 Å². The normalized spacial score (nSPS) is 11.3. The summed E-state index contributed by atoms with van der Waals surface area (Å²) < 4.78 is 10.2. The van der Waals surface area contributed by atoms with E-state index in [-0.39, 0.29) is 11.9 Å². The maximum Gasteiger partial charge on any atom is 0.253 e. The smallest absolute Gasteiger partial charge is 0.253 e. The fourth-order valence-electron chi connectivity index (χ4n) is 1.62. The van der Waals surface area contributed by atoms with Gasteiger partial charge in [0.25, 0.3) is 5.91 Å². The number of ether oxygens (including phenoxy) is 2. The molecular weight excluding hydrogens is 244 g/mol. The fraction of sp³-hybridized carbons (Fsp3) is 0.357. The topological polar surface area (TPSA) is 73.6 Å². The maximum absolute atomic E-state index is 12.1. The standard InChI is InChI=1S/C14H18N2O3/c1-5-6-9(2)16-14(17)10-7-12(18-3)13(19-4)8-11(10)15/h1,7-9H,6,15H2,2-4H3,(H,16,17). The Hall–Kier alpha value is -2.35. The molecule has 1 rings (SSSR count). The van der Waals surface area contributed by atoms with E-state index in [1.807, 2.05) is 6.92 Å². The zero-order valence-electron chi connectivity index (χ0n) is 11.3. The van der Waals surface area contributed by atoms with Gasteiger partial charge in [-0.1, -0.05) is 0 Å². The first-order valence-corrected chi connectivity index (χ1v) is 5.79. The third-order valence-corrected chi connectivity index (χ3v) is 2.60. The zero-order chi connectivity index (χ0) is 14.4. The number of carbonyl (C=O) groups excluding carboxylic acids is 1. The van der Waals surface area contributed by atoms with E-state index in [0.29, 0.717) is 29.2 Å². The molecule has 0 radical (unpaired) electrons. The lowest BCUT2D eigenvalue weighted by Gasteiger charge is -2.15. The highest BCUT2D eigenvalue weighted by Crippen LogP contribution is 2.31. The van der Waals surface area contributed by atoms with Crippen molar-refractivity contribution >= 4 is 11.6 Å². The van der Waals surface area contributed by atoms with Gasteiger partial charge in [0.15, 0.2) is 11.5 Å².